The summed E-state index contributed by atoms with van der Waals surface area (Å²) in [6.45, 7) is 4.30. The average molecular weight is 650 g/mol. The Morgan fingerprint density at radius 3 is 1.41 bits per heavy atom. The molecule has 1 heteroatoms. The van der Waals surface area contributed by atoms with Crippen molar-refractivity contribution in [1.29, 1.82) is 0 Å². The number of anilines is 3. The zero-order valence-corrected chi connectivity index (χ0v) is 28.7. The first-order chi connectivity index (χ1) is 25.1. The highest BCUT2D eigenvalue weighted by molar-refractivity contribution is 6.26. The van der Waals surface area contributed by atoms with Gasteiger partial charge in [-0.05, 0) is 110 Å². The number of hydrogen-bond acceptors (Lipinski definition) is 1. The smallest absolute Gasteiger partial charge is 0.0618 e. The summed E-state index contributed by atoms with van der Waals surface area (Å²) >= 11 is 0. The van der Waals surface area contributed by atoms with Gasteiger partial charge in [-0.15, -0.1) is 0 Å². The maximum atomic E-state index is 2.44. The summed E-state index contributed by atoms with van der Waals surface area (Å²) in [6.07, 6.45) is 0. The van der Waals surface area contributed by atoms with E-state index in [1.807, 2.05) is 0 Å². The molecule has 0 saturated carbocycles. The van der Waals surface area contributed by atoms with Crippen LogP contribution in [0, 0.1) is 13.8 Å². The fourth-order valence-electron chi connectivity index (χ4n) is 8.27. The number of hydrogen-bond donors (Lipinski definition) is 0. The Labute approximate surface area is 298 Å². The van der Waals surface area contributed by atoms with Crippen molar-refractivity contribution in [3.05, 3.63) is 187 Å². The Balaban J connectivity index is 1.19. The summed E-state index contributed by atoms with van der Waals surface area (Å²) in [5.74, 6) is 0. The van der Waals surface area contributed by atoms with Crippen molar-refractivity contribution in [2.75, 3.05) is 4.90 Å². The van der Waals surface area contributed by atoms with Crippen LogP contribution in [0.2, 0.25) is 0 Å². The third-order valence-corrected chi connectivity index (χ3v) is 10.7. The van der Waals surface area contributed by atoms with Crippen LogP contribution in [-0.4, -0.2) is 0 Å². The van der Waals surface area contributed by atoms with Crippen LogP contribution in [0.4, 0.5) is 17.1 Å². The van der Waals surface area contributed by atoms with E-state index >= 15 is 0 Å². The van der Waals surface area contributed by atoms with Gasteiger partial charge in [-0.25, -0.2) is 0 Å². The minimum atomic E-state index is 1.14. The number of fused-ring (bicyclic) bond motifs is 2. The van der Waals surface area contributed by atoms with Crippen molar-refractivity contribution in [2.24, 2.45) is 0 Å². The van der Waals surface area contributed by atoms with E-state index < -0.39 is 0 Å². The topological polar surface area (TPSA) is 3.24 Å². The summed E-state index contributed by atoms with van der Waals surface area (Å²) in [7, 11) is 0. The van der Waals surface area contributed by atoms with Gasteiger partial charge >= 0.3 is 0 Å². The van der Waals surface area contributed by atoms with E-state index in [2.05, 4.69) is 195 Å². The van der Waals surface area contributed by atoms with Crippen LogP contribution in [0.1, 0.15) is 11.1 Å². The minimum Gasteiger partial charge on any atom is -0.309 e. The molecule has 10 aromatic carbocycles. The van der Waals surface area contributed by atoms with Gasteiger partial charge in [0, 0.05) is 22.1 Å². The van der Waals surface area contributed by atoms with Crippen molar-refractivity contribution in [3.63, 3.8) is 0 Å². The third-order valence-electron chi connectivity index (χ3n) is 10.7. The lowest BCUT2D eigenvalue weighted by molar-refractivity contribution is 1.29. The number of benzene rings is 10. The minimum absolute atomic E-state index is 1.14. The summed E-state index contributed by atoms with van der Waals surface area (Å²) in [5, 5.41) is 12.8. The van der Waals surface area contributed by atoms with E-state index in [1.165, 1.54) is 92.9 Å². The molecule has 0 aliphatic rings. The third kappa shape index (κ3) is 4.70. The van der Waals surface area contributed by atoms with E-state index in [0.29, 0.717) is 0 Å². The highest BCUT2D eigenvalue weighted by Crippen LogP contribution is 2.48. The molecule has 0 bridgehead atoms. The maximum absolute atomic E-state index is 2.44. The molecular formula is C50H35N. The second-order valence-corrected chi connectivity index (χ2v) is 13.9. The van der Waals surface area contributed by atoms with Crippen LogP contribution in [0.3, 0.4) is 0 Å². The Morgan fingerprint density at radius 1 is 0.353 bits per heavy atom. The molecule has 0 aliphatic heterocycles. The van der Waals surface area contributed by atoms with Gasteiger partial charge < -0.3 is 4.90 Å². The van der Waals surface area contributed by atoms with Gasteiger partial charge in [0.2, 0.25) is 0 Å². The maximum Gasteiger partial charge on any atom is 0.0618 e. The first kappa shape index (κ1) is 29.5. The van der Waals surface area contributed by atoms with E-state index in [1.54, 1.807) is 0 Å². The predicted octanol–water partition coefficient (Wildman–Crippen LogP) is 14.3. The molecule has 0 unspecified atom stereocenters. The van der Waals surface area contributed by atoms with Gasteiger partial charge in [0.15, 0.2) is 0 Å². The molecule has 0 fully saturated rings. The van der Waals surface area contributed by atoms with Gasteiger partial charge in [-0.2, -0.15) is 0 Å². The number of rotatable bonds is 5. The molecule has 0 spiro atoms. The first-order valence-corrected chi connectivity index (χ1v) is 17.8. The van der Waals surface area contributed by atoms with Gasteiger partial charge in [0.05, 0.1) is 5.69 Å². The highest BCUT2D eigenvalue weighted by Gasteiger charge is 2.22. The standard InChI is InChI=1S/C50H35N/c1-32-17-27-39(28-18-32)51(40-29-19-33(2)20-30-40)50-44-14-5-3-12-41(44)48(42-13-4-6-15-45(42)50)37-23-21-34(22-24-37)46-31-38-11-7-9-35-25-26-36-10-8-16-43(46)49(36)47(35)38/h3-31H,1-2H3. The lowest BCUT2D eigenvalue weighted by Crippen LogP contribution is -2.11. The van der Waals surface area contributed by atoms with E-state index in [9.17, 15) is 0 Å². The molecular weight excluding hydrogens is 615 g/mol. The summed E-state index contributed by atoms with van der Waals surface area (Å²) in [4.78, 5) is 2.44. The molecule has 0 radical (unpaired) electrons. The van der Waals surface area contributed by atoms with Gasteiger partial charge in [0.1, 0.15) is 0 Å². The normalized spacial score (nSPS) is 11.7. The van der Waals surface area contributed by atoms with Crippen molar-refractivity contribution in [3.8, 4) is 22.3 Å². The first-order valence-electron chi connectivity index (χ1n) is 17.8. The fraction of sp³-hybridized carbons (Fsp3) is 0.0400. The molecule has 0 aromatic heterocycles. The molecule has 10 aromatic rings. The van der Waals surface area contributed by atoms with Gasteiger partial charge in [0.25, 0.3) is 0 Å². The Morgan fingerprint density at radius 2 is 0.824 bits per heavy atom. The molecule has 0 heterocycles. The Kier molecular flexibility index (Phi) is 6.69. The fourth-order valence-corrected chi connectivity index (χ4v) is 8.27. The lowest BCUT2D eigenvalue weighted by atomic mass is 9.87. The molecule has 0 atom stereocenters. The summed E-state index contributed by atoms with van der Waals surface area (Å²) < 4.78 is 0. The monoisotopic (exact) mass is 649 g/mol. The predicted molar refractivity (Wildman–Crippen MR) is 220 cm³/mol. The molecule has 1 nitrogen and oxygen atoms in total. The molecule has 0 aliphatic carbocycles. The number of nitrogens with zero attached hydrogens (tertiary/aromatic N) is 1. The quantitative estimate of drug-likeness (QED) is 0.132. The number of aryl methyl sites for hydroxylation is 2. The summed E-state index contributed by atoms with van der Waals surface area (Å²) in [5.41, 5.74) is 11.0. The van der Waals surface area contributed by atoms with Crippen LogP contribution in [0.5, 0.6) is 0 Å². The van der Waals surface area contributed by atoms with Crippen LogP contribution in [-0.2, 0) is 0 Å². The zero-order chi connectivity index (χ0) is 34.1. The van der Waals surface area contributed by atoms with Gasteiger partial charge in [-0.1, -0.05) is 157 Å². The molecule has 0 N–H and O–H groups in total. The van der Waals surface area contributed by atoms with Crippen LogP contribution < -0.4 is 4.90 Å². The molecule has 10 rings (SSSR count). The van der Waals surface area contributed by atoms with Crippen LogP contribution in [0.25, 0.3) is 76.1 Å². The second kappa shape index (κ2) is 11.6. The van der Waals surface area contributed by atoms with Crippen molar-refractivity contribution >= 4 is 70.9 Å². The van der Waals surface area contributed by atoms with E-state index in [-0.39, 0.29) is 0 Å². The average Bonchev–Trinajstić information content (AvgIpc) is 3.18. The van der Waals surface area contributed by atoms with Crippen LogP contribution in [0.15, 0.2) is 176 Å². The lowest BCUT2D eigenvalue weighted by Gasteiger charge is -2.29. The summed E-state index contributed by atoms with van der Waals surface area (Å²) in [6, 6.07) is 65.2. The van der Waals surface area contributed by atoms with Crippen molar-refractivity contribution in [2.45, 2.75) is 13.8 Å². The van der Waals surface area contributed by atoms with Crippen LogP contribution >= 0.6 is 0 Å². The molecule has 0 saturated heterocycles. The molecule has 240 valence electrons. The van der Waals surface area contributed by atoms with E-state index in [4.69, 9.17) is 0 Å². The second-order valence-electron chi connectivity index (χ2n) is 13.9. The van der Waals surface area contributed by atoms with E-state index in [0.717, 1.165) is 11.4 Å². The Hall–Kier alpha value is -6.44. The Bertz CT molecular complexity index is 2800. The van der Waals surface area contributed by atoms with Crippen molar-refractivity contribution < 1.29 is 0 Å². The zero-order valence-electron chi connectivity index (χ0n) is 28.7. The van der Waals surface area contributed by atoms with Crippen molar-refractivity contribution in [1.82, 2.24) is 0 Å². The molecule has 51 heavy (non-hydrogen) atoms. The SMILES string of the molecule is Cc1ccc(N(c2ccc(C)cc2)c2c3ccccc3c(-c3ccc(-c4cc5cccc6ccc7cccc4c7c65)cc3)c3ccccc23)cc1. The largest absolute Gasteiger partial charge is 0.309 e. The molecule has 0 amide bonds. The van der Waals surface area contributed by atoms with Gasteiger partial charge in [-0.3, -0.25) is 0 Å². The highest BCUT2D eigenvalue weighted by atomic mass is 15.1.